The molecule has 3 amide bonds. The summed E-state index contributed by atoms with van der Waals surface area (Å²) in [4.78, 5) is 47.8. The van der Waals surface area contributed by atoms with Crippen molar-refractivity contribution >= 4 is 46.4 Å². The first kappa shape index (κ1) is 24.3. The number of carbonyl (C=O) groups is 3. The molecule has 1 atom stereocenters. The highest BCUT2D eigenvalue weighted by molar-refractivity contribution is 6.30. The van der Waals surface area contributed by atoms with Crippen molar-refractivity contribution in [2.75, 3.05) is 35.3 Å². The fourth-order valence-corrected chi connectivity index (χ4v) is 3.66. The number of nitrogens with zero attached hydrogens (tertiary/aromatic N) is 3. The number of carbonyl (C=O) groups excluding carboxylic acids is 3. The number of amides is 3. The first-order chi connectivity index (χ1) is 17.0. The van der Waals surface area contributed by atoms with Crippen LogP contribution in [-0.4, -0.2) is 58.7 Å². The Balaban J connectivity index is 1.45. The van der Waals surface area contributed by atoms with E-state index in [1.165, 1.54) is 12.4 Å². The molecule has 1 aliphatic rings. The Hall–Kier alpha value is -3.86. The average molecular weight is 496 g/mol. The Morgan fingerprint density at radius 3 is 2.06 bits per heavy atom. The summed E-state index contributed by atoms with van der Waals surface area (Å²) in [5.74, 6) is -1.43. The SMILES string of the molecule is O=C(Nc1ccc(Cl)cc1)c1nccnc1C(=O)Nc1ccc(N2CCOC(CCO)C2=O)cc1. The Morgan fingerprint density at radius 1 is 0.971 bits per heavy atom. The molecule has 0 radical (unpaired) electrons. The number of halogens is 1. The van der Waals surface area contributed by atoms with E-state index in [1.807, 2.05) is 0 Å². The third-order valence-electron chi connectivity index (χ3n) is 5.23. The summed E-state index contributed by atoms with van der Waals surface area (Å²) in [6, 6.07) is 13.2. The topological polar surface area (TPSA) is 134 Å². The molecule has 0 aliphatic carbocycles. The van der Waals surface area contributed by atoms with E-state index >= 15 is 0 Å². The highest BCUT2D eigenvalue weighted by atomic mass is 35.5. The van der Waals surface area contributed by atoms with E-state index in [1.54, 1.807) is 53.4 Å². The van der Waals surface area contributed by atoms with Gasteiger partial charge in [-0.2, -0.15) is 0 Å². The first-order valence-corrected chi connectivity index (χ1v) is 11.2. The second-order valence-electron chi connectivity index (χ2n) is 7.58. The van der Waals surface area contributed by atoms with Crippen molar-refractivity contribution in [1.29, 1.82) is 0 Å². The number of aliphatic hydroxyl groups excluding tert-OH is 1. The molecule has 1 saturated heterocycles. The second kappa shape index (κ2) is 11.0. The fraction of sp³-hybridized carbons (Fsp3) is 0.208. The van der Waals surface area contributed by atoms with Crippen molar-refractivity contribution in [2.24, 2.45) is 0 Å². The molecule has 10 nitrogen and oxygen atoms in total. The number of aromatic nitrogens is 2. The van der Waals surface area contributed by atoms with Crippen LogP contribution in [0.1, 0.15) is 27.4 Å². The average Bonchev–Trinajstić information content (AvgIpc) is 2.87. The standard InChI is InChI=1S/C24H22ClN5O5/c25-15-1-3-16(4-2-15)28-22(32)20-21(27-11-10-26-20)23(33)29-17-5-7-18(8-6-17)30-12-14-35-19(9-13-31)24(30)34/h1-8,10-11,19,31H,9,12-14H2,(H,28,32)(H,29,33). The van der Waals surface area contributed by atoms with Gasteiger partial charge in [0.25, 0.3) is 17.7 Å². The first-order valence-electron chi connectivity index (χ1n) is 10.8. The summed E-state index contributed by atoms with van der Waals surface area (Å²) >= 11 is 5.87. The molecule has 2 heterocycles. The number of hydrogen-bond donors (Lipinski definition) is 3. The van der Waals surface area contributed by atoms with Gasteiger partial charge in [-0.1, -0.05) is 11.6 Å². The Bertz CT molecular complexity index is 1220. The lowest BCUT2D eigenvalue weighted by Crippen LogP contribution is -2.48. The molecule has 0 spiro atoms. The maximum atomic E-state index is 12.9. The molecule has 3 N–H and O–H groups in total. The molecule has 35 heavy (non-hydrogen) atoms. The van der Waals surface area contributed by atoms with E-state index in [4.69, 9.17) is 21.4 Å². The smallest absolute Gasteiger partial charge is 0.276 e. The van der Waals surface area contributed by atoms with E-state index in [9.17, 15) is 14.4 Å². The Morgan fingerprint density at radius 2 is 1.51 bits per heavy atom. The van der Waals surface area contributed by atoms with E-state index in [-0.39, 0.29) is 30.3 Å². The molecule has 1 unspecified atom stereocenters. The van der Waals surface area contributed by atoms with Gasteiger partial charge in [-0.15, -0.1) is 0 Å². The number of rotatable bonds is 7. The van der Waals surface area contributed by atoms with Crippen LogP contribution in [0.15, 0.2) is 60.9 Å². The highest BCUT2D eigenvalue weighted by Crippen LogP contribution is 2.23. The zero-order chi connectivity index (χ0) is 24.8. The minimum Gasteiger partial charge on any atom is -0.396 e. The molecule has 1 fully saturated rings. The maximum absolute atomic E-state index is 12.9. The summed E-state index contributed by atoms with van der Waals surface area (Å²) in [6.45, 7) is 0.609. The number of anilines is 3. The third kappa shape index (κ3) is 5.80. The summed E-state index contributed by atoms with van der Waals surface area (Å²) in [5.41, 5.74) is 1.30. The van der Waals surface area contributed by atoms with Crippen LogP contribution < -0.4 is 15.5 Å². The van der Waals surface area contributed by atoms with Gasteiger partial charge in [-0.3, -0.25) is 14.4 Å². The molecule has 1 aliphatic heterocycles. The van der Waals surface area contributed by atoms with Gasteiger partial charge in [-0.25, -0.2) is 9.97 Å². The van der Waals surface area contributed by atoms with Crippen molar-refractivity contribution in [3.8, 4) is 0 Å². The van der Waals surface area contributed by atoms with Crippen molar-refractivity contribution < 1.29 is 24.2 Å². The maximum Gasteiger partial charge on any atom is 0.276 e. The Labute approximate surface area is 205 Å². The van der Waals surface area contributed by atoms with Gasteiger partial charge in [0, 0.05) is 54.1 Å². The normalized spacial score (nSPS) is 15.5. The number of hydrogen-bond acceptors (Lipinski definition) is 7. The van der Waals surface area contributed by atoms with Crippen LogP contribution in [0.25, 0.3) is 0 Å². The molecule has 4 rings (SSSR count). The second-order valence-corrected chi connectivity index (χ2v) is 8.01. The van der Waals surface area contributed by atoms with Crippen LogP contribution in [0.3, 0.4) is 0 Å². The molecule has 2 aromatic carbocycles. The number of morpholine rings is 1. The molecule has 11 heteroatoms. The molecular weight excluding hydrogens is 474 g/mol. The van der Waals surface area contributed by atoms with Gasteiger partial charge >= 0.3 is 0 Å². The molecule has 180 valence electrons. The lowest BCUT2D eigenvalue weighted by Gasteiger charge is -2.32. The highest BCUT2D eigenvalue weighted by Gasteiger charge is 2.30. The summed E-state index contributed by atoms with van der Waals surface area (Å²) < 4.78 is 5.42. The van der Waals surface area contributed by atoms with Crippen LogP contribution in [0.4, 0.5) is 17.1 Å². The molecule has 1 aromatic heterocycles. The fourth-order valence-electron chi connectivity index (χ4n) is 3.53. The van der Waals surface area contributed by atoms with Crippen LogP contribution in [-0.2, 0) is 9.53 Å². The summed E-state index contributed by atoms with van der Waals surface area (Å²) in [6.07, 6.45) is 2.20. The van der Waals surface area contributed by atoms with Gasteiger partial charge in [0.05, 0.1) is 6.61 Å². The third-order valence-corrected chi connectivity index (χ3v) is 5.49. The van der Waals surface area contributed by atoms with E-state index in [0.29, 0.717) is 35.2 Å². The van der Waals surface area contributed by atoms with Gasteiger partial charge < -0.3 is 25.4 Å². The van der Waals surface area contributed by atoms with Crippen molar-refractivity contribution in [3.63, 3.8) is 0 Å². The predicted molar refractivity (Wildman–Crippen MR) is 130 cm³/mol. The number of nitrogens with one attached hydrogen (secondary N) is 2. The van der Waals surface area contributed by atoms with Gasteiger partial charge in [0.1, 0.15) is 6.10 Å². The van der Waals surface area contributed by atoms with Crippen molar-refractivity contribution in [2.45, 2.75) is 12.5 Å². The zero-order valence-electron chi connectivity index (χ0n) is 18.5. The monoisotopic (exact) mass is 495 g/mol. The van der Waals surface area contributed by atoms with Crippen LogP contribution in [0.2, 0.25) is 5.02 Å². The quantitative estimate of drug-likeness (QED) is 0.459. The lowest BCUT2D eigenvalue weighted by molar-refractivity contribution is -0.134. The summed E-state index contributed by atoms with van der Waals surface area (Å²) in [7, 11) is 0. The molecular formula is C24H22ClN5O5. The Kier molecular flexibility index (Phi) is 7.66. The predicted octanol–water partition coefficient (Wildman–Crippen LogP) is 2.75. The molecule has 0 saturated carbocycles. The van der Waals surface area contributed by atoms with Crippen molar-refractivity contribution in [3.05, 3.63) is 77.3 Å². The number of aliphatic hydroxyl groups is 1. The van der Waals surface area contributed by atoms with E-state index < -0.39 is 17.9 Å². The van der Waals surface area contributed by atoms with Crippen LogP contribution >= 0.6 is 11.6 Å². The van der Waals surface area contributed by atoms with Gasteiger partial charge in [-0.05, 0) is 48.5 Å². The van der Waals surface area contributed by atoms with E-state index in [2.05, 4.69) is 20.6 Å². The largest absolute Gasteiger partial charge is 0.396 e. The molecule has 0 bridgehead atoms. The minimum absolute atomic E-state index is 0.134. The van der Waals surface area contributed by atoms with Crippen LogP contribution in [0.5, 0.6) is 0 Å². The van der Waals surface area contributed by atoms with E-state index in [0.717, 1.165) is 0 Å². The number of ether oxygens (including phenoxy) is 1. The minimum atomic E-state index is -0.678. The summed E-state index contributed by atoms with van der Waals surface area (Å²) in [5, 5.41) is 15.0. The van der Waals surface area contributed by atoms with Crippen molar-refractivity contribution in [1.82, 2.24) is 9.97 Å². The molecule has 3 aromatic rings. The van der Waals surface area contributed by atoms with Crippen LogP contribution in [0, 0.1) is 0 Å². The lowest BCUT2D eigenvalue weighted by atomic mass is 10.1. The van der Waals surface area contributed by atoms with Gasteiger partial charge in [0.15, 0.2) is 11.4 Å². The van der Waals surface area contributed by atoms with Gasteiger partial charge in [0.2, 0.25) is 0 Å². The number of benzene rings is 2. The zero-order valence-corrected chi connectivity index (χ0v) is 19.2.